The van der Waals surface area contributed by atoms with Gasteiger partial charge in [-0.1, -0.05) is 19.1 Å². The Balaban J connectivity index is 2.91. The van der Waals surface area contributed by atoms with Crippen LogP contribution in [-0.4, -0.2) is 11.2 Å². The zero-order valence-electron chi connectivity index (χ0n) is 8.50. The zero-order valence-corrected chi connectivity index (χ0v) is 8.50. The molecule has 0 amide bonds. The SMILES string of the molecule is CC[C@@H](O)[C@@H](N)c1ccc(F)c(C)c1. The predicted octanol–water partition coefficient (Wildman–Crippen LogP) is 1.90. The fourth-order valence-electron chi connectivity index (χ4n) is 1.35. The summed E-state index contributed by atoms with van der Waals surface area (Å²) < 4.78 is 12.9. The molecule has 0 fully saturated rings. The summed E-state index contributed by atoms with van der Waals surface area (Å²) in [5.74, 6) is -0.244. The van der Waals surface area contributed by atoms with Crippen molar-refractivity contribution in [1.29, 1.82) is 0 Å². The highest BCUT2D eigenvalue weighted by molar-refractivity contribution is 5.26. The maximum atomic E-state index is 12.9. The average Bonchev–Trinajstić information content (AvgIpc) is 2.20. The number of rotatable bonds is 3. The summed E-state index contributed by atoms with van der Waals surface area (Å²) in [6.07, 6.45) is 0.0253. The van der Waals surface area contributed by atoms with Gasteiger partial charge in [0.1, 0.15) is 5.82 Å². The first kappa shape index (κ1) is 11.1. The van der Waals surface area contributed by atoms with Crippen LogP contribution in [0.25, 0.3) is 0 Å². The largest absolute Gasteiger partial charge is 0.391 e. The van der Waals surface area contributed by atoms with Crippen LogP contribution < -0.4 is 5.73 Å². The van der Waals surface area contributed by atoms with E-state index in [1.54, 1.807) is 19.1 Å². The Morgan fingerprint density at radius 3 is 2.64 bits per heavy atom. The van der Waals surface area contributed by atoms with Crippen molar-refractivity contribution in [2.45, 2.75) is 32.4 Å². The number of aliphatic hydroxyl groups is 1. The van der Waals surface area contributed by atoms with Gasteiger partial charge in [-0.25, -0.2) is 4.39 Å². The molecule has 0 saturated carbocycles. The highest BCUT2D eigenvalue weighted by atomic mass is 19.1. The molecule has 3 heteroatoms. The minimum Gasteiger partial charge on any atom is -0.391 e. The summed E-state index contributed by atoms with van der Waals surface area (Å²) in [6, 6.07) is 4.25. The van der Waals surface area contributed by atoms with E-state index in [2.05, 4.69) is 0 Å². The number of hydrogen-bond acceptors (Lipinski definition) is 2. The quantitative estimate of drug-likeness (QED) is 0.777. The molecule has 3 N–H and O–H groups in total. The van der Waals surface area contributed by atoms with Crippen LogP contribution in [0.15, 0.2) is 18.2 Å². The van der Waals surface area contributed by atoms with E-state index in [0.717, 1.165) is 5.56 Å². The van der Waals surface area contributed by atoms with Gasteiger partial charge in [0.05, 0.1) is 12.1 Å². The van der Waals surface area contributed by atoms with E-state index < -0.39 is 12.1 Å². The topological polar surface area (TPSA) is 46.2 Å². The maximum absolute atomic E-state index is 12.9. The molecule has 0 spiro atoms. The summed E-state index contributed by atoms with van der Waals surface area (Å²) in [4.78, 5) is 0. The molecule has 1 aromatic rings. The van der Waals surface area contributed by atoms with Gasteiger partial charge >= 0.3 is 0 Å². The van der Waals surface area contributed by atoms with E-state index in [1.807, 2.05) is 6.92 Å². The lowest BCUT2D eigenvalue weighted by Crippen LogP contribution is -2.25. The fraction of sp³-hybridized carbons (Fsp3) is 0.455. The second-order valence-electron chi connectivity index (χ2n) is 3.51. The van der Waals surface area contributed by atoms with Crippen LogP contribution in [-0.2, 0) is 0 Å². The molecule has 0 aliphatic carbocycles. The number of nitrogens with two attached hydrogens (primary N) is 1. The molecule has 78 valence electrons. The van der Waals surface area contributed by atoms with Gasteiger partial charge in [0, 0.05) is 0 Å². The van der Waals surface area contributed by atoms with E-state index in [1.165, 1.54) is 6.07 Å². The second kappa shape index (κ2) is 4.53. The van der Waals surface area contributed by atoms with Crippen molar-refractivity contribution in [3.05, 3.63) is 35.1 Å². The molecule has 0 aromatic heterocycles. The van der Waals surface area contributed by atoms with E-state index in [-0.39, 0.29) is 5.82 Å². The summed E-state index contributed by atoms with van der Waals surface area (Å²) in [5, 5.41) is 9.52. The lowest BCUT2D eigenvalue weighted by atomic mass is 9.99. The second-order valence-corrected chi connectivity index (χ2v) is 3.51. The molecule has 14 heavy (non-hydrogen) atoms. The van der Waals surface area contributed by atoms with Gasteiger partial charge in [-0.15, -0.1) is 0 Å². The van der Waals surface area contributed by atoms with Gasteiger partial charge < -0.3 is 10.8 Å². The molecule has 1 rings (SSSR count). The first-order chi connectivity index (χ1) is 6.56. The van der Waals surface area contributed by atoms with Crippen LogP contribution in [0, 0.1) is 12.7 Å². The van der Waals surface area contributed by atoms with Gasteiger partial charge in [0.15, 0.2) is 0 Å². The first-order valence-electron chi connectivity index (χ1n) is 4.76. The van der Waals surface area contributed by atoms with Crippen LogP contribution in [0.5, 0.6) is 0 Å². The molecule has 0 unspecified atom stereocenters. The summed E-state index contributed by atoms with van der Waals surface area (Å²) >= 11 is 0. The molecule has 2 nitrogen and oxygen atoms in total. The summed E-state index contributed by atoms with van der Waals surface area (Å²) in [6.45, 7) is 3.55. The monoisotopic (exact) mass is 197 g/mol. The third-order valence-corrected chi connectivity index (χ3v) is 2.40. The van der Waals surface area contributed by atoms with Crippen LogP contribution >= 0.6 is 0 Å². The van der Waals surface area contributed by atoms with Crippen LogP contribution in [0.2, 0.25) is 0 Å². The van der Waals surface area contributed by atoms with E-state index in [0.29, 0.717) is 12.0 Å². The summed E-state index contributed by atoms with van der Waals surface area (Å²) in [5.41, 5.74) is 7.13. The van der Waals surface area contributed by atoms with Crippen molar-refractivity contribution < 1.29 is 9.50 Å². The van der Waals surface area contributed by atoms with Crippen LogP contribution in [0.1, 0.15) is 30.5 Å². The Morgan fingerprint density at radius 2 is 2.14 bits per heavy atom. The molecule has 0 heterocycles. The van der Waals surface area contributed by atoms with Crippen molar-refractivity contribution >= 4 is 0 Å². The first-order valence-corrected chi connectivity index (χ1v) is 4.76. The smallest absolute Gasteiger partial charge is 0.126 e. The fourth-order valence-corrected chi connectivity index (χ4v) is 1.35. The molecule has 2 atom stereocenters. The van der Waals surface area contributed by atoms with Crippen molar-refractivity contribution in [3.63, 3.8) is 0 Å². The Hall–Kier alpha value is -0.930. The van der Waals surface area contributed by atoms with Crippen molar-refractivity contribution in [1.82, 2.24) is 0 Å². The Kier molecular flexibility index (Phi) is 3.61. The molecule has 0 bridgehead atoms. The van der Waals surface area contributed by atoms with Gasteiger partial charge in [-0.05, 0) is 30.5 Å². The van der Waals surface area contributed by atoms with Crippen molar-refractivity contribution in [3.8, 4) is 0 Å². The standard InChI is InChI=1S/C11H16FNO/c1-3-10(14)11(13)8-4-5-9(12)7(2)6-8/h4-6,10-11,14H,3,13H2,1-2H3/t10-,11+/m1/s1. The molecular weight excluding hydrogens is 181 g/mol. The average molecular weight is 197 g/mol. The van der Waals surface area contributed by atoms with Gasteiger partial charge in [-0.2, -0.15) is 0 Å². The van der Waals surface area contributed by atoms with Gasteiger partial charge in [-0.3, -0.25) is 0 Å². The lowest BCUT2D eigenvalue weighted by Gasteiger charge is -2.18. The minimum absolute atomic E-state index is 0.244. The Labute approximate surface area is 83.6 Å². The zero-order chi connectivity index (χ0) is 10.7. The number of aryl methyl sites for hydroxylation is 1. The highest BCUT2D eigenvalue weighted by Crippen LogP contribution is 2.18. The Morgan fingerprint density at radius 1 is 1.50 bits per heavy atom. The third kappa shape index (κ3) is 2.30. The molecule has 0 aliphatic rings. The van der Waals surface area contributed by atoms with Crippen LogP contribution in [0.3, 0.4) is 0 Å². The molecular formula is C11H16FNO. The number of benzene rings is 1. The van der Waals surface area contributed by atoms with Crippen molar-refractivity contribution in [2.75, 3.05) is 0 Å². The van der Waals surface area contributed by atoms with Crippen molar-refractivity contribution in [2.24, 2.45) is 5.73 Å². The molecule has 0 saturated heterocycles. The van der Waals surface area contributed by atoms with E-state index >= 15 is 0 Å². The number of aliphatic hydroxyl groups excluding tert-OH is 1. The summed E-state index contributed by atoms with van der Waals surface area (Å²) in [7, 11) is 0. The normalized spacial score (nSPS) is 15.2. The Bertz CT molecular complexity index is 314. The van der Waals surface area contributed by atoms with E-state index in [9.17, 15) is 9.50 Å². The van der Waals surface area contributed by atoms with E-state index in [4.69, 9.17) is 5.73 Å². The molecule has 0 radical (unpaired) electrons. The number of halogens is 1. The third-order valence-electron chi connectivity index (χ3n) is 2.40. The predicted molar refractivity (Wildman–Crippen MR) is 54.4 cm³/mol. The number of hydrogen-bond donors (Lipinski definition) is 2. The maximum Gasteiger partial charge on any atom is 0.126 e. The highest BCUT2D eigenvalue weighted by Gasteiger charge is 2.15. The van der Waals surface area contributed by atoms with Crippen LogP contribution in [0.4, 0.5) is 4.39 Å². The van der Waals surface area contributed by atoms with Gasteiger partial charge in [0.25, 0.3) is 0 Å². The lowest BCUT2D eigenvalue weighted by molar-refractivity contribution is 0.140. The molecule has 1 aromatic carbocycles. The van der Waals surface area contributed by atoms with Gasteiger partial charge in [0.2, 0.25) is 0 Å². The minimum atomic E-state index is -0.570. The molecule has 0 aliphatic heterocycles.